The maximum atomic E-state index is 12.4. The second-order valence-electron chi connectivity index (χ2n) is 5.99. The SMILES string of the molecule is CC1(C(=O)O)CCCN(C(=O)c2ccc(OCC(F)(F)F)nc2)C1. The standard InChI is InChI=1S/C15H17F3N2O4/c1-14(13(22)23)5-2-6-20(8-14)12(21)10-3-4-11(19-7-10)24-9-15(16,17)18/h3-4,7H,2,5-6,8-9H2,1H3,(H,22,23). The van der Waals surface area contributed by atoms with Gasteiger partial charge in [0.15, 0.2) is 6.61 Å². The molecule has 24 heavy (non-hydrogen) atoms. The van der Waals surface area contributed by atoms with Gasteiger partial charge in [-0.25, -0.2) is 4.98 Å². The van der Waals surface area contributed by atoms with Gasteiger partial charge in [-0.05, 0) is 25.8 Å². The minimum atomic E-state index is -4.47. The van der Waals surface area contributed by atoms with Crippen molar-refractivity contribution in [2.45, 2.75) is 25.9 Å². The van der Waals surface area contributed by atoms with Crippen molar-refractivity contribution in [3.8, 4) is 5.88 Å². The van der Waals surface area contributed by atoms with E-state index in [0.717, 1.165) is 6.20 Å². The molecule has 0 aromatic carbocycles. The van der Waals surface area contributed by atoms with E-state index < -0.39 is 30.1 Å². The highest BCUT2D eigenvalue weighted by Crippen LogP contribution is 2.30. The largest absolute Gasteiger partial charge is 0.481 e. The molecule has 0 spiro atoms. The van der Waals surface area contributed by atoms with E-state index in [2.05, 4.69) is 9.72 Å². The average molecular weight is 346 g/mol. The number of nitrogens with zero attached hydrogens (tertiary/aromatic N) is 2. The third-order valence-corrected chi connectivity index (χ3v) is 3.87. The van der Waals surface area contributed by atoms with Crippen molar-refractivity contribution in [1.82, 2.24) is 9.88 Å². The molecule has 9 heteroatoms. The Morgan fingerprint density at radius 3 is 2.67 bits per heavy atom. The summed E-state index contributed by atoms with van der Waals surface area (Å²) in [5, 5.41) is 9.27. The third kappa shape index (κ3) is 4.36. The van der Waals surface area contributed by atoms with Crippen LogP contribution in [0.2, 0.25) is 0 Å². The molecule has 0 bridgehead atoms. The molecule has 1 N–H and O–H groups in total. The second kappa shape index (κ2) is 6.66. The lowest BCUT2D eigenvalue weighted by molar-refractivity contribution is -0.154. The van der Waals surface area contributed by atoms with Gasteiger partial charge in [0.2, 0.25) is 5.88 Å². The molecule has 0 saturated carbocycles. The number of carboxylic acids is 1. The van der Waals surface area contributed by atoms with Crippen LogP contribution in [-0.2, 0) is 4.79 Å². The fourth-order valence-corrected chi connectivity index (χ4v) is 2.52. The maximum absolute atomic E-state index is 12.4. The predicted octanol–water partition coefficient (Wildman–Crippen LogP) is 2.35. The van der Waals surface area contributed by atoms with E-state index in [0.29, 0.717) is 19.4 Å². The van der Waals surface area contributed by atoms with Gasteiger partial charge in [0.25, 0.3) is 5.91 Å². The molecule has 132 valence electrons. The van der Waals surface area contributed by atoms with Gasteiger partial charge in [-0.15, -0.1) is 0 Å². The lowest BCUT2D eigenvalue weighted by atomic mass is 9.82. The Morgan fingerprint density at radius 1 is 1.42 bits per heavy atom. The normalized spacial score (nSPS) is 21.4. The number of halogens is 3. The Balaban J connectivity index is 2.03. The summed E-state index contributed by atoms with van der Waals surface area (Å²) in [5.41, 5.74) is -0.833. The van der Waals surface area contributed by atoms with Crippen LogP contribution < -0.4 is 4.74 Å². The number of alkyl halides is 3. The van der Waals surface area contributed by atoms with Crippen LogP contribution in [0.15, 0.2) is 18.3 Å². The molecule has 1 aromatic heterocycles. The number of piperidine rings is 1. The summed E-state index contributed by atoms with van der Waals surface area (Å²) >= 11 is 0. The van der Waals surface area contributed by atoms with Crippen LogP contribution in [0.4, 0.5) is 13.2 Å². The van der Waals surface area contributed by atoms with Crippen molar-refractivity contribution in [2.75, 3.05) is 19.7 Å². The highest BCUT2D eigenvalue weighted by molar-refractivity contribution is 5.94. The minimum Gasteiger partial charge on any atom is -0.481 e. The number of hydrogen-bond donors (Lipinski definition) is 1. The molecule has 1 atom stereocenters. The molecule has 2 rings (SSSR count). The number of rotatable bonds is 4. The maximum Gasteiger partial charge on any atom is 0.422 e. The van der Waals surface area contributed by atoms with Gasteiger partial charge in [0, 0.05) is 25.4 Å². The Kier molecular flexibility index (Phi) is 5.00. The van der Waals surface area contributed by atoms with Gasteiger partial charge in [-0.3, -0.25) is 9.59 Å². The molecule has 1 aliphatic rings. The molecule has 1 aliphatic heterocycles. The van der Waals surface area contributed by atoms with Crippen LogP contribution in [0.5, 0.6) is 5.88 Å². The summed E-state index contributed by atoms with van der Waals surface area (Å²) < 4.78 is 40.7. The van der Waals surface area contributed by atoms with E-state index in [9.17, 15) is 27.9 Å². The van der Waals surface area contributed by atoms with Crippen LogP contribution in [-0.4, -0.2) is 52.7 Å². The monoisotopic (exact) mass is 346 g/mol. The van der Waals surface area contributed by atoms with Gasteiger partial charge in [-0.1, -0.05) is 0 Å². The molecule has 1 fully saturated rings. The van der Waals surface area contributed by atoms with E-state index >= 15 is 0 Å². The molecule has 0 aliphatic carbocycles. The molecule has 1 unspecified atom stereocenters. The molecule has 1 saturated heterocycles. The first-order valence-electron chi connectivity index (χ1n) is 7.29. The molecule has 1 aromatic rings. The fourth-order valence-electron chi connectivity index (χ4n) is 2.52. The number of aromatic nitrogens is 1. The third-order valence-electron chi connectivity index (χ3n) is 3.87. The van der Waals surface area contributed by atoms with Gasteiger partial charge in [0.05, 0.1) is 11.0 Å². The number of hydrogen-bond acceptors (Lipinski definition) is 4. The fraction of sp³-hybridized carbons (Fsp3) is 0.533. The molecule has 0 radical (unpaired) electrons. The van der Waals surface area contributed by atoms with Gasteiger partial charge in [0.1, 0.15) is 0 Å². The highest BCUT2D eigenvalue weighted by atomic mass is 19.4. The first-order valence-corrected chi connectivity index (χ1v) is 7.29. The zero-order valence-electron chi connectivity index (χ0n) is 13.0. The van der Waals surface area contributed by atoms with E-state index in [1.54, 1.807) is 6.92 Å². The predicted molar refractivity (Wildman–Crippen MR) is 76.7 cm³/mol. The van der Waals surface area contributed by atoms with Crippen LogP contribution in [0, 0.1) is 5.41 Å². The number of aliphatic carboxylic acids is 1. The number of carbonyl (C=O) groups excluding carboxylic acids is 1. The summed E-state index contributed by atoms with van der Waals surface area (Å²) in [5.74, 6) is -1.61. The molecule has 6 nitrogen and oxygen atoms in total. The van der Waals surface area contributed by atoms with Crippen LogP contribution >= 0.6 is 0 Å². The average Bonchev–Trinajstić information content (AvgIpc) is 2.52. The second-order valence-corrected chi connectivity index (χ2v) is 5.99. The Morgan fingerprint density at radius 2 is 2.12 bits per heavy atom. The van der Waals surface area contributed by atoms with Crippen molar-refractivity contribution < 1.29 is 32.6 Å². The van der Waals surface area contributed by atoms with Crippen molar-refractivity contribution >= 4 is 11.9 Å². The van der Waals surface area contributed by atoms with E-state index in [1.807, 2.05) is 0 Å². The van der Waals surface area contributed by atoms with E-state index in [4.69, 9.17) is 0 Å². The number of amides is 1. The van der Waals surface area contributed by atoms with Crippen molar-refractivity contribution in [3.63, 3.8) is 0 Å². The smallest absolute Gasteiger partial charge is 0.422 e. The number of ether oxygens (including phenoxy) is 1. The summed E-state index contributed by atoms with van der Waals surface area (Å²) in [6, 6.07) is 2.49. The van der Waals surface area contributed by atoms with Crippen molar-refractivity contribution in [1.29, 1.82) is 0 Å². The Labute approximate surface area is 136 Å². The van der Waals surface area contributed by atoms with E-state index in [-0.39, 0.29) is 18.0 Å². The number of pyridine rings is 1. The minimum absolute atomic E-state index is 0.0769. The quantitative estimate of drug-likeness (QED) is 0.905. The summed E-state index contributed by atoms with van der Waals surface area (Å²) in [6.07, 6.45) is -2.30. The van der Waals surface area contributed by atoms with Crippen LogP contribution in [0.1, 0.15) is 30.1 Å². The van der Waals surface area contributed by atoms with Gasteiger partial charge < -0.3 is 14.7 Å². The highest BCUT2D eigenvalue weighted by Gasteiger charge is 2.39. The zero-order chi connectivity index (χ0) is 18.0. The number of carbonyl (C=O) groups is 2. The summed E-state index contributed by atoms with van der Waals surface area (Å²) in [4.78, 5) is 28.8. The zero-order valence-corrected chi connectivity index (χ0v) is 13.0. The first kappa shape index (κ1) is 18.0. The Bertz CT molecular complexity index is 618. The van der Waals surface area contributed by atoms with Gasteiger partial charge >= 0.3 is 12.1 Å². The lowest BCUT2D eigenvalue weighted by Crippen LogP contribution is -2.48. The number of carboxylic acid groups (broad SMARTS) is 1. The molecule has 1 amide bonds. The van der Waals surface area contributed by atoms with Crippen molar-refractivity contribution in [2.24, 2.45) is 5.41 Å². The molecular weight excluding hydrogens is 329 g/mol. The van der Waals surface area contributed by atoms with Crippen molar-refractivity contribution in [3.05, 3.63) is 23.9 Å². The Hall–Kier alpha value is -2.32. The topological polar surface area (TPSA) is 79.7 Å². The number of likely N-dealkylation sites (tertiary alicyclic amines) is 1. The summed E-state index contributed by atoms with van der Waals surface area (Å²) in [7, 11) is 0. The molecule has 2 heterocycles. The lowest BCUT2D eigenvalue weighted by Gasteiger charge is -2.37. The van der Waals surface area contributed by atoms with E-state index in [1.165, 1.54) is 17.0 Å². The molecular formula is C15H17F3N2O4. The first-order chi connectivity index (χ1) is 11.1. The van der Waals surface area contributed by atoms with Crippen LogP contribution in [0.3, 0.4) is 0 Å². The van der Waals surface area contributed by atoms with Gasteiger partial charge in [-0.2, -0.15) is 13.2 Å². The summed E-state index contributed by atoms with van der Waals surface area (Å²) in [6.45, 7) is 0.624. The van der Waals surface area contributed by atoms with Crippen LogP contribution in [0.25, 0.3) is 0 Å².